The van der Waals surface area contributed by atoms with Gasteiger partial charge in [0.2, 0.25) is 0 Å². The van der Waals surface area contributed by atoms with Gasteiger partial charge in [-0.1, -0.05) is 40.3 Å². The molecule has 0 bridgehead atoms. The van der Waals surface area contributed by atoms with E-state index in [1.54, 1.807) is 0 Å². The molecule has 5 unspecified atom stereocenters. The average molecular weight is 419 g/mol. The summed E-state index contributed by atoms with van der Waals surface area (Å²) in [7, 11) is 6.99. The summed E-state index contributed by atoms with van der Waals surface area (Å²) in [6.07, 6.45) is 0.684. The Morgan fingerprint density at radius 3 is 2.09 bits per heavy atom. The van der Waals surface area contributed by atoms with Crippen molar-refractivity contribution in [1.82, 2.24) is 0 Å². The van der Waals surface area contributed by atoms with Crippen LogP contribution in [0.3, 0.4) is 0 Å². The summed E-state index contributed by atoms with van der Waals surface area (Å²) < 4.78 is 18.8. The maximum atomic E-state index is 12.5. The summed E-state index contributed by atoms with van der Waals surface area (Å²) in [5.41, 5.74) is 0. The minimum Gasteiger partial charge on any atom is -0.469 e. The number of rotatable bonds is 9. The van der Waals surface area contributed by atoms with Crippen LogP contribution in [0.4, 0.5) is 0 Å². The van der Waals surface area contributed by atoms with Crippen molar-refractivity contribution in [3.63, 3.8) is 0 Å². The fourth-order valence-corrected chi connectivity index (χ4v) is 2.90. The molecular weight excluding hydrogens is 387 g/mol. The molecule has 0 N–H and O–H groups in total. The van der Waals surface area contributed by atoms with Crippen LogP contribution in [0.2, 0.25) is 13.1 Å². The van der Waals surface area contributed by atoms with Crippen LogP contribution in [0, 0.1) is 30.6 Å². The quantitative estimate of drug-likeness (QED) is 0.250. The van der Waals surface area contributed by atoms with Gasteiger partial charge in [0.15, 0.2) is 0 Å². The van der Waals surface area contributed by atoms with Crippen molar-refractivity contribution < 1.29 is 53.1 Å². The number of esters is 2. The number of ether oxygens (including phenoxy) is 2. The van der Waals surface area contributed by atoms with Gasteiger partial charge in [-0.3, -0.25) is 9.59 Å². The van der Waals surface area contributed by atoms with Crippen LogP contribution in [0.1, 0.15) is 28.6 Å². The van der Waals surface area contributed by atoms with Crippen molar-refractivity contribution in [2.75, 3.05) is 14.2 Å². The first kappa shape index (κ1) is 23.5. The van der Waals surface area contributed by atoms with Crippen LogP contribution in [0.5, 0.6) is 0 Å². The number of carbonyl (C=O) groups excluding carboxylic acids is 2. The Morgan fingerprint density at radius 1 is 1.30 bits per heavy atom. The van der Waals surface area contributed by atoms with Crippen LogP contribution >= 0.6 is 9.24 Å². The average Bonchev–Trinajstić information content (AvgIpc) is 2.44. The molecule has 0 saturated heterocycles. The molecule has 7 heteroatoms. The largest absolute Gasteiger partial charge is 0.469 e. The maximum Gasteiger partial charge on any atom is 0.309 e. The molecule has 0 aromatic heterocycles. The van der Waals surface area contributed by atoms with Crippen molar-refractivity contribution in [3.8, 4) is 0 Å². The van der Waals surface area contributed by atoms with E-state index in [1.165, 1.54) is 14.2 Å². The first-order chi connectivity index (χ1) is 10.4. The Bertz CT molecular complexity index is 417. The number of hydrogen-bond acceptors (Lipinski definition) is 4. The zero-order valence-electron chi connectivity index (χ0n) is 16.2. The van der Waals surface area contributed by atoms with E-state index in [1.807, 2.05) is 34.9 Å². The molecule has 0 aliphatic heterocycles. The monoisotopic (exact) mass is 419 g/mol. The SMILES string of the molecule is [3H]C(C[B]C)(C(C)C)C(C(=O)OC)C(CC([CH2-])(C)P)C(=O)OC.[Y]. The van der Waals surface area contributed by atoms with E-state index in [9.17, 15) is 9.59 Å². The molecule has 0 spiro atoms. The Morgan fingerprint density at radius 2 is 1.78 bits per heavy atom. The molecule has 0 aromatic rings. The van der Waals surface area contributed by atoms with Crippen LogP contribution in [-0.2, 0) is 51.8 Å². The van der Waals surface area contributed by atoms with Crippen LogP contribution in [0.25, 0.3) is 0 Å². The standard InChI is InChI=1S/C16H30BO4P.Y/c1-10(2)12(9-17-5)13(15(19)21-7)11(14(18)20-6)8-16(3,4)22;/h10-13H,3,8-9,22H2,1-2,4-7H3;/q-1;/i12T;. The summed E-state index contributed by atoms with van der Waals surface area (Å²) in [6, 6.07) is 0. The van der Waals surface area contributed by atoms with Gasteiger partial charge in [0, 0.05) is 34.1 Å². The van der Waals surface area contributed by atoms with Crippen LogP contribution < -0.4 is 0 Å². The Labute approximate surface area is 171 Å². The fourth-order valence-electron chi connectivity index (χ4n) is 2.65. The fraction of sp³-hybridized carbons (Fsp3) is 0.812. The van der Waals surface area contributed by atoms with Gasteiger partial charge in [-0.05, 0) is 11.8 Å². The predicted molar refractivity (Wildman–Crippen MR) is 93.9 cm³/mol. The van der Waals surface area contributed by atoms with Gasteiger partial charge in [-0.2, -0.15) is 9.24 Å². The number of carbonyl (C=O) groups is 2. The minimum atomic E-state index is -1.16. The summed E-state index contributed by atoms with van der Waals surface area (Å²) in [5.74, 6) is -4.07. The molecule has 23 heavy (non-hydrogen) atoms. The summed E-state index contributed by atoms with van der Waals surface area (Å²) in [6.45, 7) is 11.5. The molecule has 0 heterocycles. The van der Waals surface area contributed by atoms with Crippen molar-refractivity contribution in [3.05, 3.63) is 6.92 Å². The molecule has 5 atom stereocenters. The van der Waals surface area contributed by atoms with Crippen LogP contribution in [-0.4, -0.2) is 38.6 Å². The molecule has 130 valence electrons. The Kier molecular flexibility index (Phi) is 12.3. The first-order valence-electron chi connectivity index (χ1n) is 8.02. The summed E-state index contributed by atoms with van der Waals surface area (Å²) in [4.78, 5) is 24.9. The van der Waals surface area contributed by atoms with E-state index in [4.69, 9.17) is 10.8 Å². The van der Waals surface area contributed by atoms with Gasteiger partial charge < -0.3 is 16.4 Å². The molecule has 0 saturated carbocycles. The molecule has 0 rings (SSSR count). The predicted octanol–water partition coefficient (Wildman–Crippen LogP) is 2.86. The van der Waals surface area contributed by atoms with E-state index in [-0.39, 0.29) is 38.6 Å². The Balaban J connectivity index is 0. The van der Waals surface area contributed by atoms with Crippen LogP contribution in [0.15, 0.2) is 0 Å². The van der Waals surface area contributed by atoms with Gasteiger partial charge in [0.05, 0.1) is 26.1 Å². The second kappa shape index (κ2) is 12.0. The number of hydrogen-bond donors (Lipinski definition) is 0. The van der Waals surface area contributed by atoms with Gasteiger partial charge in [-0.25, -0.2) is 0 Å². The Hall–Kier alpha value is 0.539. The van der Waals surface area contributed by atoms with E-state index >= 15 is 0 Å². The molecule has 2 radical (unpaired) electrons. The third-order valence-electron chi connectivity index (χ3n) is 3.63. The minimum absolute atomic E-state index is 0. The van der Waals surface area contributed by atoms with Crippen molar-refractivity contribution in [1.29, 1.82) is 0 Å². The third-order valence-corrected chi connectivity index (χ3v) is 3.86. The normalized spacial score (nSPS) is 19.3. The first-order valence-corrected chi connectivity index (χ1v) is 8.10. The molecule has 0 aliphatic carbocycles. The van der Waals surface area contributed by atoms with Gasteiger partial charge in [0.1, 0.15) is 7.28 Å². The van der Waals surface area contributed by atoms with Gasteiger partial charge >= 0.3 is 11.9 Å². The topological polar surface area (TPSA) is 52.6 Å². The zero-order chi connectivity index (χ0) is 18.4. The van der Waals surface area contributed by atoms with E-state index < -0.39 is 34.8 Å². The molecule has 0 aliphatic rings. The zero-order valence-corrected chi connectivity index (χ0v) is 19.2. The molecule has 0 fully saturated rings. The molecular formula is C16H30BO4PY-. The van der Waals surface area contributed by atoms with E-state index in [0.717, 1.165) is 0 Å². The van der Waals surface area contributed by atoms with Crippen molar-refractivity contribution >= 4 is 28.5 Å². The second-order valence-electron chi connectivity index (χ2n) is 6.33. The molecule has 0 amide bonds. The number of methoxy groups -OCH3 is 2. The van der Waals surface area contributed by atoms with Crippen molar-refractivity contribution in [2.24, 2.45) is 23.6 Å². The van der Waals surface area contributed by atoms with Gasteiger partial charge in [-0.15, -0.1) is 5.16 Å². The second-order valence-corrected chi connectivity index (χ2v) is 7.72. The molecule has 4 nitrogen and oxygen atoms in total. The van der Waals surface area contributed by atoms with E-state index in [0.29, 0.717) is 12.7 Å². The smallest absolute Gasteiger partial charge is 0.309 e. The van der Waals surface area contributed by atoms with E-state index in [2.05, 4.69) is 16.2 Å². The summed E-state index contributed by atoms with van der Waals surface area (Å²) >= 11 is 0. The summed E-state index contributed by atoms with van der Waals surface area (Å²) in [5, 5.41) is -0.515. The van der Waals surface area contributed by atoms with Crippen molar-refractivity contribution in [2.45, 2.75) is 45.5 Å². The van der Waals surface area contributed by atoms with Gasteiger partial charge in [0.25, 0.3) is 0 Å². The third kappa shape index (κ3) is 8.98. The molecule has 0 aromatic carbocycles. The maximum absolute atomic E-state index is 12.5.